The molecule has 1 aliphatic heterocycles. The van der Waals surface area contributed by atoms with Crippen LogP contribution in [0.1, 0.15) is 54.4 Å². The van der Waals surface area contributed by atoms with Crippen LogP contribution in [-0.4, -0.2) is 38.3 Å². The Morgan fingerprint density at radius 2 is 1.72 bits per heavy atom. The molecule has 2 aromatic rings. The van der Waals surface area contributed by atoms with Crippen molar-refractivity contribution >= 4 is 27.5 Å². The third kappa shape index (κ3) is 5.38. The molecule has 1 fully saturated rings. The molecule has 0 saturated carbocycles. The van der Waals surface area contributed by atoms with Crippen molar-refractivity contribution in [2.45, 2.75) is 43.4 Å². The van der Waals surface area contributed by atoms with Crippen LogP contribution in [0.3, 0.4) is 0 Å². The standard InChI is InChI=1S/C22H27ClN2O3S/c1-17(18-9-5-4-6-10-18)16-24-22(26)20-15-19(11-12-21(20)23)29(27,28)25-13-7-2-3-8-14-25/h4-6,9-12,15,17H,2-3,7-8,13-14,16H2,1H3,(H,24,26)/t17-/m1/s1. The third-order valence-corrected chi connectivity index (χ3v) is 7.55. The topological polar surface area (TPSA) is 66.5 Å². The Bertz CT molecular complexity index is 940. The van der Waals surface area contributed by atoms with Crippen molar-refractivity contribution < 1.29 is 13.2 Å². The van der Waals surface area contributed by atoms with Crippen molar-refractivity contribution in [1.29, 1.82) is 0 Å². The lowest BCUT2D eigenvalue weighted by molar-refractivity contribution is 0.0951. The van der Waals surface area contributed by atoms with Gasteiger partial charge in [0.05, 0.1) is 15.5 Å². The number of rotatable bonds is 6. The summed E-state index contributed by atoms with van der Waals surface area (Å²) in [4.78, 5) is 12.8. The minimum atomic E-state index is -3.64. The van der Waals surface area contributed by atoms with Crippen LogP contribution in [0.5, 0.6) is 0 Å². The molecule has 1 amide bonds. The minimum absolute atomic E-state index is 0.116. The van der Waals surface area contributed by atoms with Crippen molar-refractivity contribution in [3.05, 3.63) is 64.7 Å². The van der Waals surface area contributed by atoms with Crippen LogP contribution in [0.4, 0.5) is 0 Å². The van der Waals surface area contributed by atoms with Crippen molar-refractivity contribution in [2.24, 2.45) is 0 Å². The van der Waals surface area contributed by atoms with Crippen LogP contribution in [-0.2, 0) is 10.0 Å². The van der Waals surface area contributed by atoms with Gasteiger partial charge in [0, 0.05) is 19.6 Å². The molecule has 7 heteroatoms. The Morgan fingerprint density at radius 3 is 2.38 bits per heavy atom. The molecule has 0 radical (unpaired) electrons. The first-order chi connectivity index (χ1) is 13.9. The molecule has 1 N–H and O–H groups in total. The van der Waals surface area contributed by atoms with E-state index in [1.807, 2.05) is 37.3 Å². The van der Waals surface area contributed by atoms with Crippen LogP contribution in [0.15, 0.2) is 53.4 Å². The van der Waals surface area contributed by atoms with E-state index < -0.39 is 10.0 Å². The number of benzene rings is 2. The van der Waals surface area contributed by atoms with E-state index in [4.69, 9.17) is 11.6 Å². The molecule has 1 atom stereocenters. The van der Waals surface area contributed by atoms with Gasteiger partial charge in [0.15, 0.2) is 0 Å². The van der Waals surface area contributed by atoms with E-state index in [0.717, 1.165) is 31.2 Å². The number of halogens is 1. The number of carbonyl (C=O) groups is 1. The second kappa shape index (κ2) is 9.74. The van der Waals surface area contributed by atoms with Gasteiger partial charge in [-0.2, -0.15) is 4.31 Å². The molecule has 2 aromatic carbocycles. The third-order valence-electron chi connectivity index (χ3n) is 5.32. The first kappa shape index (κ1) is 21.8. The molecular formula is C22H27ClN2O3S. The molecule has 156 valence electrons. The fraction of sp³-hybridized carbons (Fsp3) is 0.409. The number of nitrogens with one attached hydrogen (secondary N) is 1. The highest BCUT2D eigenvalue weighted by molar-refractivity contribution is 7.89. The summed E-state index contributed by atoms with van der Waals surface area (Å²) >= 11 is 6.22. The number of hydrogen-bond acceptors (Lipinski definition) is 3. The zero-order chi connectivity index (χ0) is 20.9. The average Bonchev–Trinajstić information content (AvgIpc) is 3.03. The van der Waals surface area contributed by atoms with Gasteiger partial charge in [-0.05, 0) is 42.5 Å². The quantitative estimate of drug-likeness (QED) is 0.730. The number of hydrogen-bond donors (Lipinski definition) is 1. The smallest absolute Gasteiger partial charge is 0.252 e. The maximum Gasteiger partial charge on any atom is 0.252 e. The molecule has 3 rings (SSSR count). The van der Waals surface area contributed by atoms with Crippen LogP contribution < -0.4 is 5.32 Å². The van der Waals surface area contributed by atoms with Crippen molar-refractivity contribution in [1.82, 2.24) is 9.62 Å². The SMILES string of the molecule is C[C@H](CNC(=O)c1cc(S(=O)(=O)N2CCCCCC2)ccc1Cl)c1ccccc1. The summed E-state index contributed by atoms with van der Waals surface area (Å²) in [6.07, 6.45) is 3.80. The lowest BCUT2D eigenvalue weighted by Gasteiger charge is -2.20. The van der Waals surface area contributed by atoms with Gasteiger partial charge >= 0.3 is 0 Å². The van der Waals surface area contributed by atoms with Crippen LogP contribution >= 0.6 is 11.6 Å². The molecule has 1 heterocycles. The molecule has 0 spiro atoms. The first-order valence-corrected chi connectivity index (χ1v) is 11.8. The maximum absolute atomic E-state index is 13.0. The normalized spacial score (nSPS) is 16.8. The van der Waals surface area contributed by atoms with Crippen LogP contribution in [0.25, 0.3) is 0 Å². The highest BCUT2D eigenvalue weighted by Gasteiger charge is 2.26. The number of amides is 1. The summed E-state index contributed by atoms with van der Waals surface area (Å²) < 4.78 is 27.6. The molecule has 0 bridgehead atoms. The number of carbonyl (C=O) groups excluding carboxylic acids is 1. The van der Waals surface area contributed by atoms with Crippen LogP contribution in [0, 0.1) is 0 Å². The summed E-state index contributed by atoms with van der Waals surface area (Å²) in [5.41, 5.74) is 1.30. The van der Waals surface area contributed by atoms with Gasteiger partial charge in [-0.1, -0.05) is 61.7 Å². The fourth-order valence-electron chi connectivity index (χ4n) is 3.51. The lowest BCUT2D eigenvalue weighted by Crippen LogP contribution is -2.32. The molecule has 0 unspecified atom stereocenters. The highest BCUT2D eigenvalue weighted by Crippen LogP contribution is 2.25. The van der Waals surface area contributed by atoms with Gasteiger partial charge in [-0.15, -0.1) is 0 Å². The van der Waals surface area contributed by atoms with Crippen LogP contribution in [0.2, 0.25) is 5.02 Å². The largest absolute Gasteiger partial charge is 0.351 e. The monoisotopic (exact) mass is 434 g/mol. The molecule has 1 saturated heterocycles. The van der Waals surface area contributed by atoms with E-state index >= 15 is 0 Å². The minimum Gasteiger partial charge on any atom is -0.351 e. The zero-order valence-corrected chi connectivity index (χ0v) is 18.2. The molecule has 0 aromatic heterocycles. The lowest BCUT2D eigenvalue weighted by atomic mass is 10.0. The van der Waals surface area contributed by atoms with E-state index in [0.29, 0.717) is 19.6 Å². The van der Waals surface area contributed by atoms with Crippen molar-refractivity contribution in [2.75, 3.05) is 19.6 Å². The molecule has 29 heavy (non-hydrogen) atoms. The number of sulfonamides is 1. The van der Waals surface area contributed by atoms with Gasteiger partial charge in [-0.3, -0.25) is 4.79 Å². The van der Waals surface area contributed by atoms with E-state index in [1.165, 1.54) is 22.5 Å². The van der Waals surface area contributed by atoms with Crippen molar-refractivity contribution in [3.8, 4) is 0 Å². The Balaban J connectivity index is 1.75. The zero-order valence-electron chi connectivity index (χ0n) is 16.6. The Labute approximate surface area is 178 Å². The molecular weight excluding hydrogens is 408 g/mol. The highest BCUT2D eigenvalue weighted by atomic mass is 35.5. The van der Waals surface area contributed by atoms with Crippen molar-refractivity contribution in [3.63, 3.8) is 0 Å². The summed E-state index contributed by atoms with van der Waals surface area (Å²) in [6.45, 7) is 3.49. The molecule has 5 nitrogen and oxygen atoms in total. The summed E-state index contributed by atoms with van der Waals surface area (Å²) in [5.74, 6) is -0.242. The molecule has 0 aliphatic carbocycles. The predicted octanol–water partition coefficient (Wildman–Crippen LogP) is 4.44. The van der Waals surface area contributed by atoms with E-state index in [1.54, 1.807) is 0 Å². The van der Waals surface area contributed by atoms with Gasteiger partial charge in [0.2, 0.25) is 10.0 Å². The Hall–Kier alpha value is -1.89. The maximum atomic E-state index is 13.0. The second-order valence-electron chi connectivity index (χ2n) is 7.48. The van der Waals surface area contributed by atoms with E-state index in [9.17, 15) is 13.2 Å². The van der Waals surface area contributed by atoms with Gasteiger partial charge in [-0.25, -0.2) is 8.42 Å². The average molecular weight is 435 g/mol. The van der Waals surface area contributed by atoms with Gasteiger partial charge in [0.1, 0.15) is 0 Å². The fourth-order valence-corrected chi connectivity index (χ4v) is 5.26. The predicted molar refractivity (Wildman–Crippen MR) is 116 cm³/mol. The van der Waals surface area contributed by atoms with E-state index in [-0.39, 0.29) is 27.3 Å². The Morgan fingerprint density at radius 1 is 1.07 bits per heavy atom. The molecule has 1 aliphatic rings. The van der Waals surface area contributed by atoms with Gasteiger partial charge < -0.3 is 5.32 Å². The second-order valence-corrected chi connectivity index (χ2v) is 9.83. The van der Waals surface area contributed by atoms with E-state index in [2.05, 4.69) is 5.32 Å². The number of nitrogens with zero attached hydrogens (tertiary/aromatic N) is 1. The summed E-state index contributed by atoms with van der Waals surface area (Å²) in [7, 11) is -3.64. The first-order valence-electron chi connectivity index (χ1n) is 10.0. The Kier molecular flexibility index (Phi) is 7.33. The van der Waals surface area contributed by atoms with Gasteiger partial charge in [0.25, 0.3) is 5.91 Å². The summed E-state index contributed by atoms with van der Waals surface area (Å²) in [6, 6.07) is 14.3. The summed E-state index contributed by atoms with van der Waals surface area (Å²) in [5, 5.41) is 3.11.